The van der Waals surface area contributed by atoms with E-state index in [0.29, 0.717) is 5.56 Å². The zero-order valence-electron chi connectivity index (χ0n) is 12.0. The lowest BCUT2D eigenvalue weighted by Crippen LogP contribution is -2.33. The van der Waals surface area contributed by atoms with Gasteiger partial charge in [-0.05, 0) is 24.5 Å². The van der Waals surface area contributed by atoms with Crippen molar-refractivity contribution in [3.63, 3.8) is 0 Å². The fourth-order valence-electron chi connectivity index (χ4n) is 2.55. The fourth-order valence-corrected chi connectivity index (χ4v) is 2.55. The Morgan fingerprint density at radius 3 is 2.68 bits per heavy atom. The zero-order chi connectivity index (χ0) is 15.9. The molecule has 0 spiro atoms. The number of rotatable bonds is 5. The second-order valence-corrected chi connectivity index (χ2v) is 5.38. The molecular formula is C14H15N3O5. The number of nitro benzene ring substituents is 1. The minimum atomic E-state index is -0.549. The van der Waals surface area contributed by atoms with Gasteiger partial charge >= 0.3 is 11.7 Å². The molecule has 0 aromatic heterocycles. The second-order valence-electron chi connectivity index (χ2n) is 5.38. The molecule has 1 aliphatic carbocycles. The molecule has 0 bridgehead atoms. The Morgan fingerprint density at radius 2 is 2.09 bits per heavy atom. The van der Waals surface area contributed by atoms with E-state index in [1.165, 1.54) is 19.2 Å². The summed E-state index contributed by atoms with van der Waals surface area (Å²) in [5.74, 6) is -0.122. The number of methoxy groups -OCH3 is 1. The van der Waals surface area contributed by atoms with Gasteiger partial charge in [0.05, 0.1) is 18.6 Å². The van der Waals surface area contributed by atoms with Crippen LogP contribution in [0.25, 0.3) is 0 Å². The first kappa shape index (κ1) is 14.3. The third-order valence-electron chi connectivity index (χ3n) is 3.85. The molecule has 1 aromatic rings. The van der Waals surface area contributed by atoms with E-state index < -0.39 is 4.92 Å². The Hall–Kier alpha value is -2.64. The summed E-state index contributed by atoms with van der Waals surface area (Å²) < 4.78 is 4.93. The van der Waals surface area contributed by atoms with Gasteiger partial charge < -0.3 is 9.64 Å². The third-order valence-corrected chi connectivity index (χ3v) is 3.85. The average molecular weight is 305 g/mol. The minimum Gasteiger partial charge on any atom is -0.490 e. The van der Waals surface area contributed by atoms with E-state index in [2.05, 4.69) is 0 Å². The van der Waals surface area contributed by atoms with Crippen LogP contribution in [0.2, 0.25) is 0 Å². The Labute approximate surface area is 126 Å². The predicted octanol–water partition coefficient (Wildman–Crippen LogP) is 1.53. The van der Waals surface area contributed by atoms with Crippen LogP contribution >= 0.6 is 0 Å². The smallest absolute Gasteiger partial charge is 0.327 e. The summed E-state index contributed by atoms with van der Waals surface area (Å²) >= 11 is 0. The summed E-state index contributed by atoms with van der Waals surface area (Å²) in [7, 11) is 1.35. The van der Waals surface area contributed by atoms with Gasteiger partial charge in [-0.1, -0.05) is 6.07 Å². The highest BCUT2D eigenvalue weighted by molar-refractivity contribution is 6.02. The lowest BCUT2D eigenvalue weighted by Gasteiger charge is -2.16. The third kappa shape index (κ3) is 2.47. The number of hydrogen-bond acceptors (Lipinski definition) is 5. The van der Waals surface area contributed by atoms with Gasteiger partial charge in [0, 0.05) is 12.1 Å². The number of amides is 3. The SMILES string of the molecule is COc1ccc(CN2C(=O)CN(C3CC3)C2=O)cc1[N+](=O)[O-]. The van der Waals surface area contributed by atoms with Gasteiger partial charge in [-0.25, -0.2) is 4.79 Å². The average Bonchev–Trinajstić information content (AvgIpc) is 3.29. The molecule has 0 unspecified atom stereocenters. The first-order valence-corrected chi connectivity index (χ1v) is 6.93. The molecule has 1 aromatic carbocycles. The summed E-state index contributed by atoms with van der Waals surface area (Å²) in [6.07, 6.45) is 1.86. The van der Waals surface area contributed by atoms with Gasteiger partial charge in [-0.3, -0.25) is 19.8 Å². The molecule has 22 heavy (non-hydrogen) atoms. The van der Waals surface area contributed by atoms with E-state index in [-0.39, 0.29) is 42.5 Å². The Balaban J connectivity index is 1.80. The lowest BCUT2D eigenvalue weighted by molar-refractivity contribution is -0.385. The van der Waals surface area contributed by atoms with E-state index in [1.807, 2.05) is 0 Å². The molecule has 1 aliphatic heterocycles. The summed E-state index contributed by atoms with van der Waals surface area (Å²) in [5, 5.41) is 11.0. The van der Waals surface area contributed by atoms with Crippen molar-refractivity contribution in [3.05, 3.63) is 33.9 Å². The van der Waals surface area contributed by atoms with Crippen LogP contribution in [-0.2, 0) is 11.3 Å². The number of carbonyl (C=O) groups is 2. The van der Waals surface area contributed by atoms with Gasteiger partial charge in [0.15, 0.2) is 5.75 Å². The quantitative estimate of drug-likeness (QED) is 0.467. The van der Waals surface area contributed by atoms with Crippen molar-refractivity contribution in [2.75, 3.05) is 13.7 Å². The van der Waals surface area contributed by atoms with Gasteiger partial charge in [0.1, 0.15) is 6.54 Å². The number of carbonyl (C=O) groups excluding carboxylic acids is 2. The first-order valence-electron chi connectivity index (χ1n) is 6.93. The van der Waals surface area contributed by atoms with E-state index in [1.54, 1.807) is 11.0 Å². The number of nitrogens with zero attached hydrogens (tertiary/aromatic N) is 3. The largest absolute Gasteiger partial charge is 0.490 e. The number of nitro groups is 1. The number of ether oxygens (including phenoxy) is 1. The molecule has 1 heterocycles. The Bertz CT molecular complexity index is 656. The van der Waals surface area contributed by atoms with Gasteiger partial charge in [-0.15, -0.1) is 0 Å². The molecule has 1 saturated heterocycles. The summed E-state index contributed by atoms with van der Waals surface area (Å²) in [5.41, 5.74) is 0.338. The van der Waals surface area contributed by atoms with Gasteiger partial charge in [0.2, 0.25) is 0 Å². The first-order chi connectivity index (χ1) is 10.5. The maximum atomic E-state index is 12.2. The highest BCUT2D eigenvalue weighted by Gasteiger charge is 2.43. The second kappa shape index (κ2) is 5.28. The Morgan fingerprint density at radius 1 is 1.36 bits per heavy atom. The molecule has 2 fully saturated rings. The maximum absolute atomic E-state index is 12.2. The Kier molecular flexibility index (Phi) is 3.44. The molecular weight excluding hydrogens is 290 g/mol. The van der Waals surface area contributed by atoms with Crippen molar-refractivity contribution in [2.24, 2.45) is 0 Å². The lowest BCUT2D eigenvalue weighted by atomic mass is 10.1. The van der Waals surface area contributed by atoms with Crippen LogP contribution < -0.4 is 4.74 Å². The van der Waals surface area contributed by atoms with E-state index in [4.69, 9.17) is 4.74 Å². The summed E-state index contributed by atoms with van der Waals surface area (Å²) in [6, 6.07) is 4.28. The van der Waals surface area contributed by atoms with Crippen LogP contribution in [-0.4, -0.2) is 46.4 Å². The van der Waals surface area contributed by atoms with Crippen LogP contribution in [0.4, 0.5) is 10.5 Å². The van der Waals surface area contributed by atoms with Crippen LogP contribution in [0.3, 0.4) is 0 Å². The molecule has 8 nitrogen and oxygen atoms in total. The molecule has 1 saturated carbocycles. The topological polar surface area (TPSA) is 93.0 Å². The van der Waals surface area contributed by atoms with E-state index in [9.17, 15) is 19.7 Å². The molecule has 3 rings (SSSR count). The predicted molar refractivity (Wildman–Crippen MR) is 75.3 cm³/mol. The van der Waals surface area contributed by atoms with Crippen LogP contribution in [0.15, 0.2) is 18.2 Å². The molecule has 116 valence electrons. The monoisotopic (exact) mass is 305 g/mol. The molecule has 2 aliphatic rings. The van der Waals surface area contributed by atoms with Crippen molar-refractivity contribution < 1.29 is 19.2 Å². The highest BCUT2D eigenvalue weighted by atomic mass is 16.6. The maximum Gasteiger partial charge on any atom is 0.327 e. The summed E-state index contributed by atoms with van der Waals surface area (Å²) in [4.78, 5) is 37.4. The number of urea groups is 1. The molecule has 0 radical (unpaired) electrons. The van der Waals surface area contributed by atoms with E-state index >= 15 is 0 Å². The molecule has 0 atom stereocenters. The van der Waals surface area contributed by atoms with Crippen LogP contribution in [0, 0.1) is 10.1 Å². The van der Waals surface area contributed by atoms with Crippen molar-refractivity contribution in [2.45, 2.75) is 25.4 Å². The highest BCUT2D eigenvalue weighted by Crippen LogP contribution is 2.32. The number of hydrogen-bond donors (Lipinski definition) is 0. The minimum absolute atomic E-state index is 0.0335. The number of benzene rings is 1. The van der Waals surface area contributed by atoms with Crippen molar-refractivity contribution >= 4 is 17.6 Å². The molecule has 0 N–H and O–H groups in total. The number of imide groups is 1. The van der Waals surface area contributed by atoms with Gasteiger partial charge in [0.25, 0.3) is 5.91 Å². The van der Waals surface area contributed by atoms with Gasteiger partial charge in [-0.2, -0.15) is 0 Å². The van der Waals surface area contributed by atoms with Crippen molar-refractivity contribution in [3.8, 4) is 5.75 Å². The van der Waals surface area contributed by atoms with Crippen molar-refractivity contribution in [1.29, 1.82) is 0 Å². The standard InChI is InChI=1S/C14H15N3O5/c1-22-12-5-2-9(6-11(12)17(20)21)7-16-13(18)8-15(14(16)19)10-3-4-10/h2,5-6,10H,3-4,7-8H2,1H3. The molecule has 8 heteroatoms. The normalized spacial score (nSPS) is 18.0. The summed E-state index contributed by atoms with van der Waals surface area (Å²) in [6.45, 7) is 0.132. The molecule has 3 amide bonds. The fraction of sp³-hybridized carbons (Fsp3) is 0.429. The van der Waals surface area contributed by atoms with Crippen LogP contribution in [0.5, 0.6) is 5.75 Å². The van der Waals surface area contributed by atoms with Crippen molar-refractivity contribution in [1.82, 2.24) is 9.80 Å². The van der Waals surface area contributed by atoms with E-state index in [0.717, 1.165) is 17.7 Å². The zero-order valence-corrected chi connectivity index (χ0v) is 12.0. The van der Waals surface area contributed by atoms with Crippen LogP contribution in [0.1, 0.15) is 18.4 Å².